The molecule has 0 heterocycles. The number of para-hydroxylation sites is 1. The van der Waals surface area contributed by atoms with Gasteiger partial charge in [0.05, 0.1) is 5.69 Å². The summed E-state index contributed by atoms with van der Waals surface area (Å²) in [6.07, 6.45) is 2.31. The van der Waals surface area contributed by atoms with E-state index in [1.54, 1.807) is 0 Å². The first-order chi connectivity index (χ1) is 9.34. The lowest BCUT2D eigenvalue weighted by atomic mass is 10.1. The second-order valence-corrected chi connectivity index (χ2v) is 4.38. The van der Waals surface area contributed by atoms with Gasteiger partial charge < -0.3 is 0 Å². The van der Waals surface area contributed by atoms with Crippen molar-refractivity contribution in [3.8, 4) is 0 Å². The van der Waals surface area contributed by atoms with Crippen LogP contribution in [-0.4, -0.2) is 5.91 Å². The van der Waals surface area contributed by atoms with E-state index in [1.807, 2.05) is 48.5 Å². The minimum atomic E-state index is 0.0137. The molecule has 0 aliphatic carbocycles. The van der Waals surface area contributed by atoms with Gasteiger partial charge in [-0.1, -0.05) is 48.5 Å². The van der Waals surface area contributed by atoms with E-state index in [0.717, 1.165) is 18.5 Å². The Morgan fingerprint density at radius 3 is 2.21 bits per heavy atom. The van der Waals surface area contributed by atoms with Crippen LogP contribution in [0.2, 0.25) is 0 Å². The summed E-state index contributed by atoms with van der Waals surface area (Å²) in [5.41, 5.74) is 7.75. The fourth-order valence-corrected chi connectivity index (χ4v) is 1.82. The summed E-state index contributed by atoms with van der Waals surface area (Å²) in [6.45, 7) is 0. The second kappa shape index (κ2) is 7.21. The van der Waals surface area contributed by atoms with Crippen LogP contribution in [0.15, 0.2) is 60.7 Å². The summed E-state index contributed by atoms with van der Waals surface area (Å²) in [6, 6.07) is 19.8. The SMILES string of the molecule is O=C(CCCc1ccccc1)NNc1ccccc1. The van der Waals surface area contributed by atoms with Crippen LogP contribution in [0.5, 0.6) is 0 Å². The lowest BCUT2D eigenvalue weighted by Gasteiger charge is -2.08. The van der Waals surface area contributed by atoms with Crippen molar-refractivity contribution >= 4 is 11.6 Å². The van der Waals surface area contributed by atoms with Crippen molar-refractivity contribution in [1.82, 2.24) is 5.43 Å². The van der Waals surface area contributed by atoms with Gasteiger partial charge in [0.25, 0.3) is 0 Å². The number of hydrogen-bond acceptors (Lipinski definition) is 2. The Balaban J connectivity index is 1.65. The number of amides is 1. The first-order valence-corrected chi connectivity index (χ1v) is 6.48. The van der Waals surface area contributed by atoms with Gasteiger partial charge in [-0.15, -0.1) is 0 Å². The first-order valence-electron chi connectivity index (χ1n) is 6.48. The molecule has 0 unspecified atom stereocenters. The molecule has 0 bridgehead atoms. The molecule has 2 rings (SSSR count). The van der Waals surface area contributed by atoms with Crippen molar-refractivity contribution in [2.45, 2.75) is 19.3 Å². The fraction of sp³-hybridized carbons (Fsp3) is 0.188. The van der Waals surface area contributed by atoms with Crippen LogP contribution in [0, 0.1) is 0 Å². The summed E-state index contributed by atoms with van der Waals surface area (Å²) in [4.78, 5) is 11.6. The molecule has 0 aromatic heterocycles. The van der Waals surface area contributed by atoms with Gasteiger partial charge >= 0.3 is 0 Å². The quantitative estimate of drug-likeness (QED) is 0.777. The molecule has 0 spiro atoms. The van der Waals surface area contributed by atoms with Crippen molar-refractivity contribution in [2.24, 2.45) is 0 Å². The van der Waals surface area contributed by atoms with E-state index in [1.165, 1.54) is 5.56 Å². The second-order valence-electron chi connectivity index (χ2n) is 4.38. The Hall–Kier alpha value is -2.29. The predicted molar refractivity (Wildman–Crippen MR) is 77.6 cm³/mol. The third-order valence-electron chi connectivity index (χ3n) is 2.83. The average Bonchev–Trinajstić information content (AvgIpc) is 2.47. The average molecular weight is 254 g/mol. The standard InChI is InChI=1S/C16H18N2O/c19-16(18-17-15-11-5-2-6-12-15)13-7-10-14-8-3-1-4-9-14/h1-6,8-9,11-12,17H,7,10,13H2,(H,18,19). The number of hydrazine groups is 1. The monoisotopic (exact) mass is 254 g/mol. The van der Waals surface area contributed by atoms with E-state index in [-0.39, 0.29) is 5.91 Å². The molecule has 0 aliphatic rings. The number of carbonyl (C=O) groups excluding carboxylic acids is 1. The highest BCUT2D eigenvalue weighted by Gasteiger charge is 2.00. The molecule has 0 radical (unpaired) electrons. The molecule has 19 heavy (non-hydrogen) atoms. The summed E-state index contributed by atoms with van der Waals surface area (Å²) < 4.78 is 0. The van der Waals surface area contributed by atoms with E-state index < -0.39 is 0 Å². The summed E-state index contributed by atoms with van der Waals surface area (Å²) in [5, 5.41) is 0. The van der Waals surface area contributed by atoms with Crippen molar-refractivity contribution in [1.29, 1.82) is 0 Å². The van der Waals surface area contributed by atoms with E-state index in [4.69, 9.17) is 0 Å². The molecule has 2 N–H and O–H groups in total. The Morgan fingerprint density at radius 2 is 1.53 bits per heavy atom. The molecule has 1 amide bonds. The molecule has 98 valence electrons. The van der Waals surface area contributed by atoms with Gasteiger partial charge in [-0.05, 0) is 30.5 Å². The van der Waals surface area contributed by atoms with E-state index in [9.17, 15) is 4.79 Å². The van der Waals surface area contributed by atoms with E-state index in [2.05, 4.69) is 23.0 Å². The predicted octanol–water partition coefficient (Wildman–Crippen LogP) is 3.15. The molecule has 0 aliphatic heterocycles. The lowest BCUT2D eigenvalue weighted by Crippen LogP contribution is -2.29. The van der Waals surface area contributed by atoms with Gasteiger partial charge in [-0.3, -0.25) is 15.6 Å². The summed E-state index contributed by atoms with van der Waals surface area (Å²) in [7, 11) is 0. The molecule has 0 fully saturated rings. The first kappa shape index (κ1) is 13.1. The topological polar surface area (TPSA) is 41.1 Å². The zero-order valence-electron chi connectivity index (χ0n) is 10.8. The maximum atomic E-state index is 11.6. The maximum Gasteiger partial charge on any atom is 0.238 e. The number of rotatable bonds is 6. The molecular formula is C16H18N2O. The van der Waals surface area contributed by atoms with E-state index in [0.29, 0.717) is 6.42 Å². The third-order valence-corrected chi connectivity index (χ3v) is 2.83. The molecule has 2 aromatic carbocycles. The summed E-state index contributed by atoms with van der Waals surface area (Å²) >= 11 is 0. The Labute approximate surface area is 113 Å². The van der Waals surface area contributed by atoms with Gasteiger partial charge in [0.15, 0.2) is 0 Å². The molecule has 3 heteroatoms. The van der Waals surface area contributed by atoms with Crippen LogP contribution in [0.1, 0.15) is 18.4 Å². The molecule has 2 aromatic rings. The third kappa shape index (κ3) is 4.84. The zero-order valence-corrected chi connectivity index (χ0v) is 10.8. The van der Waals surface area contributed by atoms with Gasteiger partial charge in [-0.25, -0.2) is 0 Å². The highest BCUT2D eigenvalue weighted by atomic mass is 16.2. The number of anilines is 1. The van der Waals surface area contributed by atoms with Gasteiger partial charge in [0.1, 0.15) is 0 Å². The molecule has 0 atom stereocenters. The minimum Gasteiger partial charge on any atom is -0.299 e. The number of nitrogens with one attached hydrogen (secondary N) is 2. The summed E-state index contributed by atoms with van der Waals surface area (Å²) in [5.74, 6) is 0.0137. The lowest BCUT2D eigenvalue weighted by molar-refractivity contribution is -0.120. The number of carbonyl (C=O) groups is 1. The van der Waals surface area contributed by atoms with Crippen LogP contribution in [0.4, 0.5) is 5.69 Å². The Morgan fingerprint density at radius 1 is 0.895 bits per heavy atom. The van der Waals surface area contributed by atoms with Crippen molar-refractivity contribution in [2.75, 3.05) is 5.43 Å². The van der Waals surface area contributed by atoms with Gasteiger partial charge in [-0.2, -0.15) is 0 Å². The fourth-order valence-electron chi connectivity index (χ4n) is 1.82. The molecular weight excluding hydrogens is 236 g/mol. The van der Waals surface area contributed by atoms with Crippen LogP contribution in [0.25, 0.3) is 0 Å². The van der Waals surface area contributed by atoms with Crippen molar-refractivity contribution in [3.05, 3.63) is 66.2 Å². The number of aryl methyl sites for hydroxylation is 1. The number of hydrogen-bond donors (Lipinski definition) is 2. The highest BCUT2D eigenvalue weighted by Crippen LogP contribution is 2.05. The van der Waals surface area contributed by atoms with Gasteiger partial charge in [0, 0.05) is 6.42 Å². The maximum absolute atomic E-state index is 11.6. The van der Waals surface area contributed by atoms with Gasteiger partial charge in [0.2, 0.25) is 5.91 Å². The Kier molecular flexibility index (Phi) is 4.99. The highest BCUT2D eigenvalue weighted by molar-refractivity contribution is 5.77. The molecule has 3 nitrogen and oxygen atoms in total. The smallest absolute Gasteiger partial charge is 0.238 e. The van der Waals surface area contributed by atoms with Crippen LogP contribution in [-0.2, 0) is 11.2 Å². The molecule has 0 saturated heterocycles. The van der Waals surface area contributed by atoms with Crippen LogP contribution >= 0.6 is 0 Å². The van der Waals surface area contributed by atoms with Crippen LogP contribution < -0.4 is 10.9 Å². The Bertz CT molecular complexity index is 497. The van der Waals surface area contributed by atoms with Crippen molar-refractivity contribution < 1.29 is 4.79 Å². The van der Waals surface area contributed by atoms with Crippen molar-refractivity contribution in [3.63, 3.8) is 0 Å². The normalized spacial score (nSPS) is 9.89. The minimum absolute atomic E-state index is 0.0137. The molecule has 0 saturated carbocycles. The zero-order chi connectivity index (χ0) is 13.3. The largest absolute Gasteiger partial charge is 0.299 e. The van der Waals surface area contributed by atoms with Crippen LogP contribution in [0.3, 0.4) is 0 Å². The number of benzene rings is 2. The van der Waals surface area contributed by atoms with E-state index >= 15 is 0 Å².